The number of aliphatic carboxylic acids is 1. The molecule has 6 nitrogen and oxygen atoms in total. The van der Waals surface area contributed by atoms with Crippen LogP contribution in [-0.4, -0.2) is 61.3 Å². The summed E-state index contributed by atoms with van der Waals surface area (Å²) >= 11 is 0. The molecule has 2 N–H and O–H groups in total. The van der Waals surface area contributed by atoms with E-state index in [4.69, 9.17) is 9.84 Å². The van der Waals surface area contributed by atoms with Crippen LogP contribution in [0.15, 0.2) is 0 Å². The molecule has 0 bridgehead atoms. The minimum Gasteiger partial charge on any atom is -0.481 e. The predicted octanol–water partition coefficient (Wildman–Crippen LogP) is -1.09. The lowest BCUT2D eigenvalue weighted by atomic mass is 10.2. The maximum Gasteiger partial charge on any atom is 0.305 e. The first-order chi connectivity index (χ1) is 7.11. The van der Waals surface area contributed by atoms with E-state index in [-0.39, 0.29) is 24.9 Å². The van der Waals surface area contributed by atoms with Crippen LogP contribution in [0.4, 0.5) is 0 Å². The second kappa shape index (κ2) is 5.67. The van der Waals surface area contributed by atoms with E-state index in [0.717, 1.165) is 0 Å². The summed E-state index contributed by atoms with van der Waals surface area (Å²) in [7, 11) is 1.60. The van der Waals surface area contributed by atoms with Gasteiger partial charge in [0.2, 0.25) is 5.91 Å². The number of carboxylic acids is 1. The van der Waals surface area contributed by atoms with Gasteiger partial charge in [0, 0.05) is 20.1 Å². The SMILES string of the molecule is CN(CCC(=O)O)C(=O)C1COCCN1. The standard InChI is InChI=1S/C9H16N2O4/c1-11(4-2-8(12)13)9(14)7-6-15-5-3-10-7/h7,10H,2-6H2,1H3,(H,12,13). The molecule has 0 radical (unpaired) electrons. The monoisotopic (exact) mass is 216 g/mol. The summed E-state index contributed by atoms with van der Waals surface area (Å²) in [5.74, 6) is -1.02. The molecule has 1 aliphatic heterocycles. The highest BCUT2D eigenvalue weighted by Crippen LogP contribution is 1.99. The quantitative estimate of drug-likeness (QED) is 0.624. The fourth-order valence-corrected chi connectivity index (χ4v) is 1.36. The molecule has 0 aromatic heterocycles. The summed E-state index contributed by atoms with van der Waals surface area (Å²) in [5, 5.41) is 11.5. The van der Waals surface area contributed by atoms with Crippen molar-refractivity contribution < 1.29 is 19.4 Å². The van der Waals surface area contributed by atoms with E-state index in [1.807, 2.05) is 0 Å². The van der Waals surface area contributed by atoms with Crippen molar-refractivity contribution in [2.24, 2.45) is 0 Å². The zero-order chi connectivity index (χ0) is 11.3. The molecule has 1 saturated heterocycles. The van der Waals surface area contributed by atoms with Crippen LogP contribution in [0.3, 0.4) is 0 Å². The van der Waals surface area contributed by atoms with Crippen LogP contribution in [0.25, 0.3) is 0 Å². The molecule has 6 heteroatoms. The van der Waals surface area contributed by atoms with Crippen LogP contribution < -0.4 is 5.32 Å². The maximum absolute atomic E-state index is 11.7. The van der Waals surface area contributed by atoms with E-state index in [0.29, 0.717) is 19.8 Å². The third-order valence-corrected chi connectivity index (χ3v) is 2.26. The third kappa shape index (κ3) is 3.85. The normalized spacial score (nSPS) is 21.0. The number of morpholine rings is 1. The van der Waals surface area contributed by atoms with Gasteiger partial charge in [0.05, 0.1) is 19.6 Å². The van der Waals surface area contributed by atoms with E-state index in [1.165, 1.54) is 4.90 Å². The van der Waals surface area contributed by atoms with Crippen LogP contribution in [0.2, 0.25) is 0 Å². The molecule has 1 unspecified atom stereocenters. The minimum atomic E-state index is -0.900. The topological polar surface area (TPSA) is 78.9 Å². The van der Waals surface area contributed by atoms with Crippen molar-refractivity contribution in [2.75, 3.05) is 33.4 Å². The highest BCUT2D eigenvalue weighted by molar-refractivity contribution is 5.82. The van der Waals surface area contributed by atoms with E-state index in [2.05, 4.69) is 5.32 Å². The number of hydrogen-bond donors (Lipinski definition) is 2. The summed E-state index contributed by atoms with van der Waals surface area (Å²) < 4.78 is 5.15. The number of carboxylic acid groups (broad SMARTS) is 1. The van der Waals surface area contributed by atoms with E-state index < -0.39 is 5.97 Å². The Bertz CT molecular complexity index is 238. The van der Waals surface area contributed by atoms with Gasteiger partial charge in [0.15, 0.2) is 0 Å². The number of amides is 1. The zero-order valence-electron chi connectivity index (χ0n) is 8.73. The van der Waals surface area contributed by atoms with Crippen molar-refractivity contribution in [3.63, 3.8) is 0 Å². The van der Waals surface area contributed by atoms with Gasteiger partial charge in [-0.2, -0.15) is 0 Å². The minimum absolute atomic E-state index is 0.0319. The fourth-order valence-electron chi connectivity index (χ4n) is 1.36. The Morgan fingerprint density at radius 2 is 2.33 bits per heavy atom. The molecule has 15 heavy (non-hydrogen) atoms. The lowest BCUT2D eigenvalue weighted by Gasteiger charge is -2.27. The van der Waals surface area contributed by atoms with Crippen molar-refractivity contribution in [1.29, 1.82) is 0 Å². The summed E-state index contributed by atoms with van der Waals surface area (Å²) in [6.45, 7) is 1.86. The smallest absolute Gasteiger partial charge is 0.305 e. The molecule has 1 heterocycles. The number of ether oxygens (including phenoxy) is 1. The van der Waals surface area contributed by atoms with Gasteiger partial charge >= 0.3 is 5.97 Å². The van der Waals surface area contributed by atoms with Crippen molar-refractivity contribution in [2.45, 2.75) is 12.5 Å². The molecule has 1 amide bonds. The van der Waals surface area contributed by atoms with E-state index in [9.17, 15) is 9.59 Å². The molecule has 86 valence electrons. The van der Waals surface area contributed by atoms with Gasteiger partial charge in [-0.15, -0.1) is 0 Å². The number of carbonyl (C=O) groups is 2. The molecule has 1 aliphatic rings. The van der Waals surface area contributed by atoms with Gasteiger partial charge in [-0.25, -0.2) is 0 Å². The Kier molecular flexibility index (Phi) is 4.51. The molecule has 0 aromatic rings. The van der Waals surface area contributed by atoms with Crippen molar-refractivity contribution in [3.05, 3.63) is 0 Å². The average Bonchev–Trinajstić information content (AvgIpc) is 2.26. The van der Waals surface area contributed by atoms with Gasteiger partial charge in [0.1, 0.15) is 6.04 Å². The second-order valence-corrected chi connectivity index (χ2v) is 3.49. The van der Waals surface area contributed by atoms with Gasteiger partial charge in [0.25, 0.3) is 0 Å². The highest BCUT2D eigenvalue weighted by atomic mass is 16.5. The lowest BCUT2D eigenvalue weighted by Crippen LogP contribution is -2.51. The van der Waals surface area contributed by atoms with Crippen LogP contribution >= 0.6 is 0 Å². The van der Waals surface area contributed by atoms with Crippen LogP contribution in [0.5, 0.6) is 0 Å². The first kappa shape index (κ1) is 11.9. The molecule has 0 aromatic carbocycles. The first-order valence-corrected chi connectivity index (χ1v) is 4.89. The summed E-state index contributed by atoms with van der Waals surface area (Å²) in [6, 6.07) is -0.336. The molecular formula is C9H16N2O4. The van der Waals surface area contributed by atoms with E-state index >= 15 is 0 Å². The van der Waals surface area contributed by atoms with Gasteiger partial charge in [-0.3, -0.25) is 9.59 Å². The summed E-state index contributed by atoms with van der Waals surface area (Å²) in [6.07, 6.45) is -0.0319. The Balaban J connectivity index is 2.33. The number of carbonyl (C=O) groups excluding carboxylic acids is 1. The maximum atomic E-state index is 11.7. The van der Waals surface area contributed by atoms with Crippen molar-refractivity contribution in [3.8, 4) is 0 Å². The number of rotatable bonds is 4. The Morgan fingerprint density at radius 3 is 2.87 bits per heavy atom. The molecule has 1 rings (SSSR count). The van der Waals surface area contributed by atoms with Gasteiger partial charge in [-0.1, -0.05) is 0 Å². The summed E-state index contributed by atoms with van der Waals surface area (Å²) in [4.78, 5) is 23.4. The number of nitrogens with one attached hydrogen (secondary N) is 1. The molecule has 1 atom stereocenters. The number of hydrogen-bond acceptors (Lipinski definition) is 4. The predicted molar refractivity (Wildman–Crippen MR) is 52.5 cm³/mol. The Labute approximate surface area is 88.2 Å². The van der Waals surface area contributed by atoms with Crippen molar-refractivity contribution in [1.82, 2.24) is 10.2 Å². The number of likely N-dealkylation sites (N-methyl/N-ethyl adjacent to an activating group) is 1. The van der Waals surface area contributed by atoms with Crippen LogP contribution in [-0.2, 0) is 14.3 Å². The Morgan fingerprint density at radius 1 is 1.60 bits per heavy atom. The molecular weight excluding hydrogens is 200 g/mol. The van der Waals surface area contributed by atoms with E-state index in [1.54, 1.807) is 7.05 Å². The van der Waals surface area contributed by atoms with Crippen LogP contribution in [0.1, 0.15) is 6.42 Å². The van der Waals surface area contributed by atoms with Crippen LogP contribution in [0, 0.1) is 0 Å². The largest absolute Gasteiger partial charge is 0.481 e. The third-order valence-electron chi connectivity index (χ3n) is 2.26. The van der Waals surface area contributed by atoms with Crippen molar-refractivity contribution >= 4 is 11.9 Å². The number of nitrogens with zero attached hydrogens (tertiary/aromatic N) is 1. The fraction of sp³-hybridized carbons (Fsp3) is 0.778. The summed E-state index contributed by atoms with van der Waals surface area (Å²) in [5.41, 5.74) is 0. The van der Waals surface area contributed by atoms with Gasteiger partial charge in [-0.05, 0) is 0 Å². The molecule has 0 aliphatic carbocycles. The molecule has 1 fully saturated rings. The second-order valence-electron chi connectivity index (χ2n) is 3.49. The molecule has 0 spiro atoms. The zero-order valence-corrected chi connectivity index (χ0v) is 8.73. The Hall–Kier alpha value is -1.14. The lowest BCUT2D eigenvalue weighted by molar-refractivity contribution is -0.139. The highest BCUT2D eigenvalue weighted by Gasteiger charge is 2.24. The average molecular weight is 216 g/mol. The first-order valence-electron chi connectivity index (χ1n) is 4.89. The molecule has 0 saturated carbocycles. The van der Waals surface area contributed by atoms with Gasteiger partial charge < -0.3 is 20.1 Å².